The van der Waals surface area contributed by atoms with Crippen LogP contribution in [-0.2, 0) is 91.2 Å². The summed E-state index contributed by atoms with van der Waals surface area (Å²) in [5.41, 5.74) is 30.1. The minimum atomic E-state index is -1.82. The molecule has 14 amide bonds. The van der Waals surface area contributed by atoms with Crippen molar-refractivity contribution in [2.45, 2.75) is 221 Å². The van der Waals surface area contributed by atoms with Gasteiger partial charge in [-0.25, -0.2) is 9.78 Å². The lowest BCUT2D eigenvalue weighted by Gasteiger charge is -2.31. The summed E-state index contributed by atoms with van der Waals surface area (Å²) in [7, 11) is 0. The lowest BCUT2D eigenvalue weighted by atomic mass is 10.0. The minimum absolute atomic E-state index is 0.0000818. The quantitative estimate of drug-likeness (QED) is 0.0143. The van der Waals surface area contributed by atoms with Crippen molar-refractivity contribution in [3.8, 4) is 5.75 Å². The number of aliphatic hydroxyl groups excluding tert-OH is 1. The van der Waals surface area contributed by atoms with Gasteiger partial charge in [-0.3, -0.25) is 77.9 Å². The molecule has 3 aromatic rings. The van der Waals surface area contributed by atoms with Crippen LogP contribution >= 0.6 is 11.8 Å². The van der Waals surface area contributed by atoms with Crippen LogP contribution in [0, 0.1) is 16.7 Å². The van der Waals surface area contributed by atoms with Crippen LogP contribution in [0.4, 0.5) is 0 Å². The van der Waals surface area contributed by atoms with Gasteiger partial charge in [-0.1, -0.05) is 56.3 Å². The van der Waals surface area contributed by atoms with E-state index in [1.807, 2.05) is 6.26 Å². The number of benzene rings is 2. The number of phenolic OH excluding ortho intramolecular Hbond substituents is 1. The maximum atomic E-state index is 14.8. The molecule has 3 aliphatic rings. The molecule has 666 valence electrons. The molecular formula is C78H120N24O18S. The maximum absolute atomic E-state index is 14.8. The zero-order chi connectivity index (χ0) is 88.8. The normalized spacial score (nSPS) is 17.4. The van der Waals surface area contributed by atoms with Gasteiger partial charge in [0.05, 0.1) is 25.5 Å². The second kappa shape index (κ2) is 50.4. The second-order valence-corrected chi connectivity index (χ2v) is 31.5. The monoisotopic (exact) mass is 1710 g/mol. The number of hydrogen-bond acceptors (Lipinski definition) is 23. The fourth-order valence-corrected chi connectivity index (χ4v) is 14.8. The summed E-state index contributed by atoms with van der Waals surface area (Å²) in [4.78, 5) is 221. The highest BCUT2D eigenvalue weighted by molar-refractivity contribution is 7.98. The van der Waals surface area contributed by atoms with E-state index in [2.05, 4.69) is 73.8 Å². The van der Waals surface area contributed by atoms with Crippen molar-refractivity contribution >= 4 is 112 Å². The van der Waals surface area contributed by atoms with Gasteiger partial charge in [-0.15, -0.1) is 0 Å². The van der Waals surface area contributed by atoms with Gasteiger partial charge < -0.3 is 127 Å². The molecule has 13 atom stereocenters. The molecule has 1 aromatic heterocycles. The average molecular weight is 1710 g/mol. The SMILES string of the molecule is CSCC[C@H](NC(=O)[C@@H]1CCCN1C(=O)CNC(=O)[C@H](CCCCN)NC(=O)[C@H](Cc1cnc[nH]1)NC(=O)[C@H](CO)NC(=O)[C@H](CC(C)C)NC(=O)[C@H](CCCNC(=N)N)NC(=O)[C@@H]1CCCN1C(=O)[C@H](CCCNC(=N)N)NC(=O)[C@H](CCC(N)=O)NC(=O)[C@@H](N)Cc1ccc(O)cc1)C(=O)N1CCC[C@H]1C(=O)N[C@@H](Cc1ccccc1)C(=O)O. The van der Waals surface area contributed by atoms with Crippen molar-refractivity contribution in [2.75, 3.05) is 64.4 Å². The Morgan fingerprint density at radius 2 is 0.992 bits per heavy atom. The molecule has 0 aliphatic carbocycles. The highest BCUT2D eigenvalue weighted by Gasteiger charge is 2.44. The molecule has 3 aliphatic heterocycles. The van der Waals surface area contributed by atoms with E-state index in [-0.39, 0.29) is 166 Å². The number of rotatable bonds is 51. The molecule has 0 unspecified atom stereocenters. The van der Waals surface area contributed by atoms with Crippen molar-refractivity contribution < 1.29 is 87.2 Å². The van der Waals surface area contributed by atoms with E-state index < -0.39 is 186 Å². The number of amides is 14. The molecular weight excluding hydrogens is 1590 g/mol. The van der Waals surface area contributed by atoms with Crippen LogP contribution in [-0.4, -0.2) is 284 Å². The number of primary amides is 1. The van der Waals surface area contributed by atoms with Gasteiger partial charge in [-0.2, -0.15) is 11.8 Å². The summed E-state index contributed by atoms with van der Waals surface area (Å²) in [5, 5.41) is 77.3. The molecule has 3 fully saturated rings. The third-order valence-corrected chi connectivity index (χ3v) is 21.3. The smallest absolute Gasteiger partial charge is 0.326 e. The molecule has 0 bridgehead atoms. The van der Waals surface area contributed by atoms with Crippen LogP contribution < -0.4 is 92.5 Å². The van der Waals surface area contributed by atoms with Gasteiger partial charge in [0, 0.05) is 63.9 Å². The molecule has 0 radical (unpaired) electrons. The Kier molecular flexibility index (Phi) is 40.8. The number of thioether (sulfide) groups is 1. The van der Waals surface area contributed by atoms with E-state index in [9.17, 15) is 87.2 Å². The third-order valence-electron chi connectivity index (χ3n) is 20.7. The number of carbonyl (C=O) groups is 15. The van der Waals surface area contributed by atoms with Crippen molar-refractivity contribution in [1.82, 2.24) is 88.5 Å². The summed E-state index contributed by atoms with van der Waals surface area (Å²) in [6.45, 7) is 2.26. The van der Waals surface area contributed by atoms with E-state index in [0.29, 0.717) is 41.8 Å². The van der Waals surface area contributed by atoms with Crippen LogP contribution in [0.3, 0.4) is 0 Å². The first-order valence-electron chi connectivity index (χ1n) is 40.6. The number of unbranched alkanes of at least 4 members (excludes halogenated alkanes) is 1. The van der Waals surface area contributed by atoms with Crippen LogP contribution in [0.2, 0.25) is 0 Å². The Morgan fingerprint density at radius 3 is 1.53 bits per heavy atom. The van der Waals surface area contributed by atoms with E-state index in [1.165, 1.54) is 51.1 Å². The number of likely N-dealkylation sites (tertiary alicyclic amines) is 3. The fraction of sp³-hybridized carbons (Fsp3) is 0.590. The first-order valence-corrected chi connectivity index (χ1v) is 42.0. The third kappa shape index (κ3) is 32.4. The van der Waals surface area contributed by atoms with E-state index in [0.717, 1.165) is 0 Å². The van der Waals surface area contributed by atoms with E-state index >= 15 is 0 Å². The predicted octanol–water partition coefficient (Wildman–Crippen LogP) is -5.28. The first kappa shape index (κ1) is 98.1. The van der Waals surface area contributed by atoms with Crippen molar-refractivity contribution in [3.63, 3.8) is 0 Å². The highest BCUT2D eigenvalue weighted by atomic mass is 32.2. The van der Waals surface area contributed by atoms with Crippen LogP contribution in [0.1, 0.15) is 140 Å². The molecule has 3 saturated heterocycles. The zero-order valence-corrected chi connectivity index (χ0v) is 69.3. The Morgan fingerprint density at radius 1 is 0.529 bits per heavy atom. The largest absolute Gasteiger partial charge is 0.508 e. The number of aliphatic carboxylic acids is 1. The molecule has 28 N–H and O–H groups in total. The van der Waals surface area contributed by atoms with Crippen LogP contribution in [0.25, 0.3) is 0 Å². The lowest BCUT2D eigenvalue weighted by molar-refractivity contribution is -0.145. The summed E-state index contributed by atoms with van der Waals surface area (Å²) >= 11 is 1.41. The number of nitrogens with zero attached hydrogens (tertiary/aromatic N) is 4. The molecule has 0 spiro atoms. The first-order chi connectivity index (χ1) is 57.7. The van der Waals surface area contributed by atoms with Crippen LogP contribution in [0.5, 0.6) is 5.75 Å². The van der Waals surface area contributed by atoms with Crippen LogP contribution in [0.15, 0.2) is 67.1 Å². The number of aromatic nitrogens is 2. The standard InChI is InChI=1S/C78H120N24O18S/c1-44(2)36-55(96-66(109)51(17-9-30-87-77(82)83)93-72(115)60-20-12-33-101(60)74(117)53(18-10-31-88-78(84)85)94-67(110)52(26-27-62(81)105)91-64(107)49(80)37-46-22-24-48(104)25-23-46)68(111)99-58(42-103)70(113)97-56(39-47-40-86-43-90-47)69(112)92-50(16-7-8-29-79)65(108)89-41-63(106)100-32-11-19-59(100)71(114)95-54(28-35-121-3)75(118)102-34-13-21-61(102)73(116)98-57(76(119)120)38-45-14-5-4-6-15-45/h4-6,14-15,22-25,40,43-44,49-61,103-104H,7-13,16-21,26-39,41-42,79-80H2,1-3H3,(H2,81,105)(H,86,90)(H,89,108)(H,91,107)(H,92,112)(H,93,115)(H,94,110)(H,95,114)(H,96,109)(H,97,113)(H,98,116)(H,99,111)(H,119,120)(H4,82,83,87)(H4,84,85,88)/t49-,50-,51-,52-,53-,54-,55-,56-,57-,58-,59-,60-,61-/m0/s1. The Labute approximate surface area is 705 Å². The van der Waals surface area contributed by atoms with Crippen molar-refractivity contribution in [2.24, 2.45) is 34.6 Å². The summed E-state index contributed by atoms with van der Waals surface area (Å²) in [6.07, 6.45) is 5.68. The second-order valence-electron chi connectivity index (χ2n) is 30.5. The van der Waals surface area contributed by atoms with Gasteiger partial charge in [0.25, 0.3) is 0 Å². The number of aromatic hydroxyl groups is 1. The number of carboxylic acids is 1. The van der Waals surface area contributed by atoms with Gasteiger partial charge in [0.1, 0.15) is 78.3 Å². The number of nitrogens with two attached hydrogens (primary N) is 5. The molecule has 42 nitrogen and oxygen atoms in total. The minimum Gasteiger partial charge on any atom is -0.508 e. The number of imidazole rings is 1. The molecule has 43 heteroatoms. The summed E-state index contributed by atoms with van der Waals surface area (Å²) in [6, 6.07) is -2.95. The summed E-state index contributed by atoms with van der Waals surface area (Å²) in [5.74, 6) is -13.5. The molecule has 6 rings (SSSR count). The maximum Gasteiger partial charge on any atom is 0.326 e. The number of carbonyl (C=O) groups excluding carboxylic acids is 14. The molecule has 2 aromatic carbocycles. The number of phenols is 1. The number of H-pyrrole nitrogens is 1. The van der Waals surface area contributed by atoms with Gasteiger partial charge in [0.2, 0.25) is 82.7 Å². The number of nitrogens with one attached hydrogen (secondary N) is 15. The van der Waals surface area contributed by atoms with Gasteiger partial charge in [0.15, 0.2) is 11.9 Å². The number of hydrogen-bond donors (Lipinski definition) is 23. The average Bonchev–Trinajstić information content (AvgIpc) is 1.71. The number of guanidine groups is 2. The molecule has 0 saturated carbocycles. The Hall–Kier alpha value is -11.7. The van der Waals surface area contributed by atoms with Crippen molar-refractivity contribution in [1.29, 1.82) is 10.8 Å². The topological polar surface area (TPSA) is 677 Å². The zero-order valence-electron chi connectivity index (χ0n) is 68.5. The number of aliphatic hydroxyl groups is 1. The Bertz CT molecular complexity index is 4020. The lowest BCUT2D eigenvalue weighted by Crippen LogP contribution is -2.61. The van der Waals surface area contributed by atoms with E-state index in [1.54, 1.807) is 56.3 Å². The van der Waals surface area contributed by atoms with Crippen molar-refractivity contribution in [3.05, 3.63) is 83.9 Å². The Balaban J connectivity index is 1.12. The highest BCUT2D eigenvalue weighted by Crippen LogP contribution is 2.25. The van der Waals surface area contributed by atoms with Gasteiger partial charge >= 0.3 is 5.97 Å². The summed E-state index contributed by atoms with van der Waals surface area (Å²) < 4.78 is 0. The van der Waals surface area contributed by atoms with Gasteiger partial charge in [-0.05, 0) is 157 Å². The van der Waals surface area contributed by atoms with E-state index in [4.69, 9.17) is 39.5 Å². The number of carboxylic acid groups (broad SMARTS) is 1. The predicted molar refractivity (Wildman–Crippen MR) is 444 cm³/mol. The number of aromatic amines is 1. The molecule has 4 heterocycles. The molecule has 121 heavy (non-hydrogen) atoms. The fourth-order valence-electron chi connectivity index (χ4n) is 14.3.